The van der Waals surface area contributed by atoms with Crippen LogP contribution in [0.2, 0.25) is 0 Å². The molecule has 1 saturated heterocycles. The van der Waals surface area contributed by atoms with Crippen molar-refractivity contribution in [3.63, 3.8) is 0 Å². The van der Waals surface area contributed by atoms with E-state index < -0.39 is 17.1 Å². The second-order valence-corrected chi connectivity index (χ2v) is 15.7. The third-order valence-corrected chi connectivity index (χ3v) is 13.6. The monoisotopic (exact) mass is 613 g/mol. The molecule has 0 radical (unpaired) electrons. The minimum absolute atomic E-state index is 0.00113. The van der Waals surface area contributed by atoms with Gasteiger partial charge in [-0.25, -0.2) is 4.98 Å². The number of rotatable bonds is 5. The molecule has 5 fully saturated rings. The van der Waals surface area contributed by atoms with Crippen LogP contribution in [-0.4, -0.2) is 51.5 Å². The standard InChI is InChI=1S/C37H43NO5S/c1-35-17-16-25(39)18-24(35)13-14-26-27-19-31-37(36(27,2)20-29(40)33(26)35,43-34(42-31)23-9-4-3-5-10-23)30(41)21-44-32-15-12-22-8-6-7-11-28(22)38-32/h6-8,11-12,15-18,23,26-27,29,31,33-34,40H,3-5,9-10,13-14,19-21H2,1-2H3/t26?,27?,29-,31+,33?,34+,35?,36?,37+/m0/s1. The molecule has 1 aromatic carbocycles. The molecule has 1 N–H and O–H groups in total. The summed E-state index contributed by atoms with van der Waals surface area (Å²) < 4.78 is 14.0. The number of aliphatic hydroxyl groups is 1. The molecule has 9 atom stereocenters. The molecular formula is C37H43NO5S. The molecule has 6 aliphatic rings. The van der Waals surface area contributed by atoms with Crippen molar-refractivity contribution in [1.82, 2.24) is 4.98 Å². The minimum Gasteiger partial charge on any atom is -0.393 e. The predicted octanol–water partition coefficient (Wildman–Crippen LogP) is 6.85. The molecular weight excluding hydrogens is 570 g/mol. The normalized spacial score (nSPS) is 41.5. The number of allylic oxidation sites excluding steroid dienone is 4. The Kier molecular flexibility index (Phi) is 7.02. The fourth-order valence-corrected chi connectivity index (χ4v) is 11.4. The lowest BCUT2D eigenvalue weighted by Crippen LogP contribution is -2.63. The second kappa shape index (κ2) is 10.6. The van der Waals surface area contributed by atoms with Crippen molar-refractivity contribution in [3.8, 4) is 0 Å². The topological polar surface area (TPSA) is 85.7 Å². The molecule has 2 aromatic rings. The number of carbonyl (C=O) groups excluding carboxylic acids is 2. The number of aliphatic hydroxyl groups excluding tert-OH is 1. The van der Waals surface area contributed by atoms with Crippen LogP contribution in [0.15, 0.2) is 65.2 Å². The van der Waals surface area contributed by atoms with Gasteiger partial charge in [0.2, 0.25) is 0 Å². The zero-order valence-electron chi connectivity index (χ0n) is 25.7. The van der Waals surface area contributed by atoms with E-state index in [9.17, 15) is 14.7 Å². The van der Waals surface area contributed by atoms with Gasteiger partial charge in [-0.2, -0.15) is 0 Å². The second-order valence-electron chi connectivity index (χ2n) is 14.7. The number of aromatic nitrogens is 1. The summed E-state index contributed by atoms with van der Waals surface area (Å²) in [5.74, 6) is 1.08. The number of ether oxygens (including phenoxy) is 2. The summed E-state index contributed by atoms with van der Waals surface area (Å²) in [6.07, 6.45) is 13.0. The fourth-order valence-electron chi connectivity index (χ4n) is 10.6. The van der Waals surface area contributed by atoms with Crippen molar-refractivity contribution in [1.29, 1.82) is 0 Å². The Balaban J connectivity index is 1.13. The number of thioether (sulfide) groups is 1. The number of nitrogens with zero attached hydrogens (tertiary/aromatic N) is 1. The quantitative estimate of drug-likeness (QED) is 0.370. The van der Waals surface area contributed by atoms with Crippen LogP contribution in [0.5, 0.6) is 0 Å². The van der Waals surface area contributed by atoms with Gasteiger partial charge in [0.1, 0.15) is 0 Å². The first kappa shape index (κ1) is 29.1. The summed E-state index contributed by atoms with van der Waals surface area (Å²) in [5, 5.41) is 14.0. The Bertz CT molecular complexity index is 1560. The van der Waals surface area contributed by atoms with Gasteiger partial charge in [0.25, 0.3) is 0 Å². The van der Waals surface area contributed by atoms with Crippen molar-refractivity contribution >= 4 is 34.2 Å². The van der Waals surface area contributed by atoms with E-state index in [1.165, 1.54) is 31.0 Å². The van der Waals surface area contributed by atoms with Gasteiger partial charge in [0.15, 0.2) is 23.5 Å². The van der Waals surface area contributed by atoms with Gasteiger partial charge in [-0.3, -0.25) is 9.59 Å². The maximum absolute atomic E-state index is 14.8. The first-order valence-electron chi connectivity index (χ1n) is 16.7. The van der Waals surface area contributed by atoms with E-state index in [4.69, 9.17) is 14.5 Å². The lowest BCUT2D eigenvalue weighted by Gasteiger charge is -2.59. The summed E-state index contributed by atoms with van der Waals surface area (Å²) >= 11 is 1.48. The molecule has 0 bridgehead atoms. The Morgan fingerprint density at radius 3 is 2.75 bits per heavy atom. The number of hydrogen-bond acceptors (Lipinski definition) is 7. The smallest absolute Gasteiger partial charge is 0.178 e. The van der Waals surface area contributed by atoms with E-state index in [-0.39, 0.29) is 52.9 Å². The van der Waals surface area contributed by atoms with Crippen LogP contribution in [0.3, 0.4) is 0 Å². The minimum atomic E-state index is -1.09. The van der Waals surface area contributed by atoms with Crippen LogP contribution in [0.4, 0.5) is 0 Å². The SMILES string of the molecule is CC12C=CC(=O)C=C1CCC1C2[C@@H](O)CC2(C)C1C[C@H]1O[C@@H](C3CCCCC3)O[C@]12C(=O)CSc1ccc2ccccc2n1. The van der Waals surface area contributed by atoms with E-state index in [1.807, 2.05) is 36.4 Å². The average Bonchev–Trinajstić information content (AvgIpc) is 3.53. The van der Waals surface area contributed by atoms with Gasteiger partial charge in [-0.05, 0) is 74.6 Å². The van der Waals surface area contributed by atoms with Gasteiger partial charge in [0.05, 0.1) is 28.5 Å². The van der Waals surface area contributed by atoms with Crippen LogP contribution in [0.25, 0.3) is 10.9 Å². The number of fused-ring (bicyclic) bond motifs is 8. The van der Waals surface area contributed by atoms with E-state index >= 15 is 0 Å². The third kappa shape index (κ3) is 4.21. The highest BCUT2D eigenvalue weighted by Gasteiger charge is 2.76. The summed E-state index contributed by atoms with van der Waals surface area (Å²) in [4.78, 5) is 31.9. The Morgan fingerprint density at radius 1 is 1.09 bits per heavy atom. The molecule has 5 aliphatic carbocycles. The number of pyridine rings is 1. The maximum Gasteiger partial charge on any atom is 0.178 e. The number of para-hydroxylation sites is 1. The number of hydrogen-bond donors (Lipinski definition) is 1. The lowest BCUT2D eigenvalue weighted by molar-refractivity contribution is -0.207. The Labute approximate surface area is 264 Å². The number of benzene rings is 1. The van der Waals surface area contributed by atoms with Crippen molar-refractivity contribution in [3.05, 3.63) is 60.2 Å². The number of ketones is 2. The summed E-state index contributed by atoms with van der Waals surface area (Å²) in [7, 11) is 0. The maximum atomic E-state index is 14.8. The number of Topliss-reactive ketones (excluding diaryl/α,β-unsaturated/α-hetero) is 1. The van der Waals surface area contributed by atoms with Gasteiger partial charge < -0.3 is 14.6 Å². The van der Waals surface area contributed by atoms with Crippen LogP contribution < -0.4 is 0 Å². The molecule has 6 nitrogen and oxygen atoms in total. The molecule has 0 amide bonds. The molecule has 8 rings (SSSR count). The van der Waals surface area contributed by atoms with Gasteiger partial charge in [0, 0.05) is 28.1 Å². The number of carbonyl (C=O) groups is 2. The molecule has 44 heavy (non-hydrogen) atoms. The van der Waals surface area contributed by atoms with Gasteiger partial charge >= 0.3 is 0 Å². The third-order valence-electron chi connectivity index (χ3n) is 12.6. The van der Waals surface area contributed by atoms with E-state index in [2.05, 4.69) is 19.9 Å². The first-order chi connectivity index (χ1) is 21.2. The van der Waals surface area contributed by atoms with Crippen molar-refractivity contribution < 1.29 is 24.2 Å². The molecule has 232 valence electrons. The highest BCUT2D eigenvalue weighted by molar-refractivity contribution is 7.99. The Hall–Kier alpha value is -2.32. The van der Waals surface area contributed by atoms with E-state index in [1.54, 1.807) is 12.2 Å². The highest BCUT2D eigenvalue weighted by Crippen LogP contribution is 2.70. The van der Waals surface area contributed by atoms with Gasteiger partial charge in [-0.1, -0.05) is 80.8 Å². The molecule has 0 spiro atoms. The fraction of sp³-hybridized carbons (Fsp3) is 0.595. The van der Waals surface area contributed by atoms with E-state index in [0.29, 0.717) is 12.3 Å². The van der Waals surface area contributed by atoms with Crippen LogP contribution in [0.1, 0.15) is 71.6 Å². The van der Waals surface area contributed by atoms with Crippen molar-refractivity contribution in [2.75, 3.05) is 5.75 Å². The molecule has 1 aliphatic heterocycles. The predicted molar refractivity (Wildman–Crippen MR) is 170 cm³/mol. The van der Waals surface area contributed by atoms with Crippen molar-refractivity contribution in [2.24, 2.45) is 34.5 Å². The van der Waals surface area contributed by atoms with Crippen molar-refractivity contribution in [2.45, 2.75) is 101 Å². The summed E-state index contributed by atoms with van der Waals surface area (Å²) in [6, 6.07) is 12.1. The summed E-state index contributed by atoms with van der Waals surface area (Å²) in [5.41, 5.74) is 0.0661. The first-order valence-corrected chi connectivity index (χ1v) is 17.7. The van der Waals surface area contributed by atoms with Crippen LogP contribution in [0, 0.1) is 34.5 Å². The molecule has 1 aromatic heterocycles. The van der Waals surface area contributed by atoms with Crippen LogP contribution in [-0.2, 0) is 19.1 Å². The average molecular weight is 614 g/mol. The largest absolute Gasteiger partial charge is 0.393 e. The van der Waals surface area contributed by atoms with Gasteiger partial charge in [-0.15, -0.1) is 0 Å². The van der Waals surface area contributed by atoms with E-state index in [0.717, 1.165) is 53.6 Å². The summed E-state index contributed by atoms with van der Waals surface area (Å²) in [6.45, 7) is 4.41. The molecule has 5 unspecified atom stereocenters. The molecule has 7 heteroatoms. The van der Waals surface area contributed by atoms with Crippen LogP contribution >= 0.6 is 11.8 Å². The highest BCUT2D eigenvalue weighted by atomic mass is 32.2. The zero-order valence-corrected chi connectivity index (χ0v) is 26.6. The molecule has 4 saturated carbocycles. The molecule has 2 heterocycles. The zero-order chi connectivity index (χ0) is 30.3. The lowest BCUT2D eigenvalue weighted by atomic mass is 9.46. The Morgan fingerprint density at radius 2 is 1.91 bits per heavy atom.